The van der Waals surface area contributed by atoms with Crippen LogP contribution in [-0.2, 0) is 0 Å². The lowest BCUT2D eigenvalue weighted by Gasteiger charge is -2.13. The van der Waals surface area contributed by atoms with Crippen LogP contribution >= 0.6 is 0 Å². The first-order valence-electron chi connectivity index (χ1n) is 7.32. The van der Waals surface area contributed by atoms with E-state index < -0.39 is 0 Å². The molecule has 120 valence electrons. The van der Waals surface area contributed by atoms with Gasteiger partial charge in [0, 0.05) is 12.6 Å². The first kappa shape index (κ1) is 15.2. The fourth-order valence-corrected chi connectivity index (χ4v) is 2.39. The van der Waals surface area contributed by atoms with Gasteiger partial charge in [-0.2, -0.15) is 0 Å². The number of furan rings is 1. The minimum absolute atomic E-state index is 0.0111. The molecular weight excluding hydrogens is 298 g/mol. The van der Waals surface area contributed by atoms with Gasteiger partial charge < -0.3 is 19.4 Å². The third-order valence-corrected chi connectivity index (χ3v) is 3.57. The van der Waals surface area contributed by atoms with E-state index in [2.05, 4.69) is 15.5 Å². The van der Waals surface area contributed by atoms with E-state index in [1.165, 1.54) is 6.26 Å². The number of rotatable bonds is 5. The lowest BCUT2D eigenvalue weighted by molar-refractivity contribution is 0.0936. The summed E-state index contributed by atoms with van der Waals surface area (Å²) in [7, 11) is 0. The summed E-state index contributed by atoms with van der Waals surface area (Å²) in [4.78, 5) is 16.9. The summed E-state index contributed by atoms with van der Waals surface area (Å²) < 4.78 is 10.5. The Kier molecular flexibility index (Phi) is 4.12. The number of hydrogen-bond donors (Lipinski definition) is 2. The van der Waals surface area contributed by atoms with Gasteiger partial charge in [0.05, 0.1) is 22.9 Å². The molecule has 1 unspecified atom stereocenters. The number of nitrogens with one attached hydrogen (secondary N) is 1. The maximum Gasteiger partial charge on any atom is 0.259 e. The largest absolute Gasteiger partial charge is 0.463 e. The fraction of sp³-hybridized carbons (Fsp3) is 0.312. The van der Waals surface area contributed by atoms with Gasteiger partial charge in [0.25, 0.3) is 11.6 Å². The van der Waals surface area contributed by atoms with E-state index in [4.69, 9.17) is 14.0 Å². The van der Waals surface area contributed by atoms with Gasteiger partial charge in [-0.1, -0.05) is 5.16 Å². The molecule has 1 atom stereocenters. The first-order valence-corrected chi connectivity index (χ1v) is 7.32. The van der Waals surface area contributed by atoms with Gasteiger partial charge in [0.15, 0.2) is 5.76 Å². The number of nitrogens with zero attached hydrogens (tertiary/aromatic N) is 2. The van der Waals surface area contributed by atoms with Crippen LogP contribution in [0.3, 0.4) is 0 Å². The Morgan fingerprint density at radius 1 is 1.48 bits per heavy atom. The van der Waals surface area contributed by atoms with E-state index in [0.29, 0.717) is 34.5 Å². The summed E-state index contributed by atoms with van der Waals surface area (Å²) in [5, 5.41) is 16.3. The molecule has 0 aliphatic heterocycles. The van der Waals surface area contributed by atoms with Crippen molar-refractivity contribution in [3.63, 3.8) is 0 Å². The van der Waals surface area contributed by atoms with Gasteiger partial charge in [-0.05, 0) is 38.5 Å². The highest BCUT2D eigenvalue weighted by Crippen LogP contribution is 2.27. The lowest BCUT2D eigenvalue weighted by Crippen LogP contribution is -2.33. The third kappa shape index (κ3) is 2.95. The van der Waals surface area contributed by atoms with Gasteiger partial charge in [-0.25, -0.2) is 4.98 Å². The van der Waals surface area contributed by atoms with Crippen LogP contribution in [0.4, 0.5) is 0 Å². The van der Waals surface area contributed by atoms with Crippen molar-refractivity contribution < 1.29 is 18.8 Å². The lowest BCUT2D eigenvalue weighted by atomic mass is 10.1. The van der Waals surface area contributed by atoms with Crippen molar-refractivity contribution in [2.24, 2.45) is 0 Å². The maximum atomic E-state index is 12.6. The van der Waals surface area contributed by atoms with E-state index in [0.717, 1.165) is 0 Å². The number of aromatic nitrogens is 2. The van der Waals surface area contributed by atoms with Crippen molar-refractivity contribution in [3.8, 4) is 11.5 Å². The number of aryl methyl sites for hydroxylation is 1. The Morgan fingerprint density at radius 2 is 2.30 bits per heavy atom. The van der Waals surface area contributed by atoms with E-state index in [1.807, 2.05) is 6.92 Å². The average molecular weight is 315 g/mol. The molecule has 3 aromatic heterocycles. The zero-order valence-corrected chi connectivity index (χ0v) is 12.9. The summed E-state index contributed by atoms with van der Waals surface area (Å²) in [6.45, 7) is 3.60. The Hall–Kier alpha value is -2.67. The van der Waals surface area contributed by atoms with Crippen molar-refractivity contribution in [1.29, 1.82) is 0 Å². The molecule has 0 fully saturated rings. The molecule has 23 heavy (non-hydrogen) atoms. The van der Waals surface area contributed by atoms with E-state index >= 15 is 0 Å². The summed E-state index contributed by atoms with van der Waals surface area (Å²) in [5.41, 5.74) is 1.80. The maximum absolute atomic E-state index is 12.6. The molecular formula is C16H17N3O4. The molecule has 0 aliphatic rings. The van der Waals surface area contributed by atoms with Gasteiger partial charge >= 0.3 is 0 Å². The van der Waals surface area contributed by atoms with Gasteiger partial charge in [0.2, 0.25) is 0 Å². The number of carbonyl (C=O) groups excluding carboxylic acids is 1. The van der Waals surface area contributed by atoms with Crippen LogP contribution in [0.1, 0.15) is 29.4 Å². The molecule has 3 heterocycles. The summed E-state index contributed by atoms with van der Waals surface area (Å²) in [6.07, 6.45) is 2.02. The molecule has 1 amide bonds. The second-order valence-electron chi connectivity index (χ2n) is 5.37. The Bertz CT molecular complexity index is 823. The zero-order chi connectivity index (χ0) is 16.4. The molecule has 3 aromatic rings. The van der Waals surface area contributed by atoms with Crippen LogP contribution < -0.4 is 5.32 Å². The number of amides is 1. The predicted molar refractivity (Wildman–Crippen MR) is 82.9 cm³/mol. The van der Waals surface area contributed by atoms with E-state index in [1.54, 1.807) is 25.1 Å². The Labute approximate surface area is 132 Å². The number of carbonyl (C=O) groups is 1. The molecule has 0 radical (unpaired) electrons. The molecule has 0 bridgehead atoms. The van der Waals surface area contributed by atoms with Crippen LogP contribution in [0.2, 0.25) is 0 Å². The third-order valence-electron chi connectivity index (χ3n) is 3.57. The van der Waals surface area contributed by atoms with Crippen LogP contribution in [0.25, 0.3) is 22.6 Å². The van der Waals surface area contributed by atoms with Gasteiger partial charge in [-0.15, -0.1) is 0 Å². The SMILES string of the molecule is Cc1noc2nc(-c3ccco3)cc(C(=O)NC(C)CCO)c12. The fourth-order valence-electron chi connectivity index (χ4n) is 2.39. The van der Waals surface area contributed by atoms with Crippen molar-refractivity contribution in [2.45, 2.75) is 26.3 Å². The molecule has 0 saturated heterocycles. The smallest absolute Gasteiger partial charge is 0.259 e. The average Bonchev–Trinajstić information content (AvgIpc) is 3.17. The van der Waals surface area contributed by atoms with Crippen molar-refractivity contribution in [2.75, 3.05) is 6.61 Å². The summed E-state index contributed by atoms with van der Waals surface area (Å²) >= 11 is 0. The molecule has 3 rings (SSSR count). The van der Waals surface area contributed by atoms with Crippen LogP contribution in [0.5, 0.6) is 0 Å². The Morgan fingerprint density at radius 3 is 3.00 bits per heavy atom. The molecule has 0 spiro atoms. The minimum Gasteiger partial charge on any atom is -0.463 e. The van der Waals surface area contributed by atoms with Gasteiger partial charge in [0.1, 0.15) is 5.69 Å². The zero-order valence-electron chi connectivity index (χ0n) is 12.9. The molecule has 0 aliphatic carbocycles. The van der Waals surface area contributed by atoms with Crippen molar-refractivity contribution in [1.82, 2.24) is 15.5 Å². The normalized spacial score (nSPS) is 12.5. The monoisotopic (exact) mass is 315 g/mol. The standard InChI is InChI=1S/C16H17N3O4/c1-9(5-6-20)17-15(21)11-8-12(13-4-3-7-22-13)18-16-14(11)10(2)19-23-16/h3-4,7-9,20H,5-6H2,1-2H3,(H,17,21). The second kappa shape index (κ2) is 6.21. The number of aliphatic hydroxyl groups excluding tert-OH is 1. The van der Waals surface area contributed by atoms with Crippen LogP contribution in [0, 0.1) is 6.92 Å². The number of aliphatic hydroxyl groups is 1. The first-order chi connectivity index (χ1) is 11.1. The molecule has 0 saturated carbocycles. The molecule has 2 N–H and O–H groups in total. The minimum atomic E-state index is -0.266. The topological polar surface area (TPSA) is 101 Å². The molecule has 7 heteroatoms. The number of fused-ring (bicyclic) bond motifs is 1. The highest BCUT2D eigenvalue weighted by atomic mass is 16.5. The van der Waals surface area contributed by atoms with Crippen LogP contribution in [0.15, 0.2) is 33.4 Å². The number of pyridine rings is 1. The van der Waals surface area contributed by atoms with E-state index in [-0.39, 0.29) is 24.3 Å². The van der Waals surface area contributed by atoms with E-state index in [9.17, 15) is 4.79 Å². The quantitative estimate of drug-likeness (QED) is 0.749. The van der Waals surface area contributed by atoms with Crippen molar-refractivity contribution >= 4 is 17.0 Å². The molecule has 0 aromatic carbocycles. The predicted octanol–water partition coefficient (Wildman–Crippen LogP) is 2.29. The van der Waals surface area contributed by atoms with Crippen LogP contribution in [-0.4, -0.2) is 33.8 Å². The summed E-state index contributed by atoms with van der Waals surface area (Å²) in [5.74, 6) is 0.274. The van der Waals surface area contributed by atoms with Crippen molar-refractivity contribution in [3.05, 3.63) is 35.7 Å². The molecule has 7 nitrogen and oxygen atoms in total. The summed E-state index contributed by atoms with van der Waals surface area (Å²) in [6, 6.07) is 5.01. The Balaban J connectivity index is 2.06. The van der Waals surface area contributed by atoms with Gasteiger partial charge in [-0.3, -0.25) is 4.79 Å². The number of hydrogen-bond acceptors (Lipinski definition) is 6. The highest BCUT2D eigenvalue weighted by molar-refractivity contribution is 6.06. The highest BCUT2D eigenvalue weighted by Gasteiger charge is 2.21. The second-order valence-corrected chi connectivity index (χ2v) is 5.37.